The Kier molecular flexibility index (Phi) is 4.14. The second-order valence-electron chi connectivity index (χ2n) is 4.80. The van der Waals surface area contributed by atoms with Crippen LogP contribution in [0.25, 0.3) is 10.9 Å². The predicted molar refractivity (Wildman–Crippen MR) is 77.9 cm³/mol. The summed E-state index contributed by atoms with van der Waals surface area (Å²) in [5, 5.41) is 24.0. The van der Waals surface area contributed by atoms with Crippen molar-refractivity contribution < 1.29 is 10.0 Å². The fourth-order valence-corrected chi connectivity index (χ4v) is 2.16. The first-order valence-corrected chi connectivity index (χ1v) is 6.45. The van der Waals surface area contributed by atoms with Gasteiger partial charge in [0.15, 0.2) is 5.52 Å². The van der Waals surface area contributed by atoms with Crippen LogP contribution in [0.2, 0.25) is 0 Å². The molecule has 0 spiro atoms. The average Bonchev–Trinajstić information content (AvgIpc) is 2.37. The number of aliphatic hydroxyl groups excluding tert-OH is 1. The first kappa shape index (κ1) is 14.2. The highest BCUT2D eigenvalue weighted by atomic mass is 16.6. The molecule has 2 N–H and O–H groups in total. The molecule has 1 heterocycles. The smallest absolute Gasteiger partial charge is 0.295 e. The summed E-state index contributed by atoms with van der Waals surface area (Å²) in [5.41, 5.74) is 1.91. The normalized spacial score (nSPS) is 12.3. The van der Waals surface area contributed by atoms with E-state index in [9.17, 15) is 10.1 Å². The number of aliphatic hydroxyl groups is 1. The fraction of sp³-hybridized carbons (Fsp3) is 0.357. The molecule has 0 amide bonds. The summed E-state index contributed by atoms with van der Waals surface area (Å²) in [6.45, 7) is 3.85. The van der Waals surface area contributed by atoms with E-state index in [1.807, 2.05) is 19.1 Å². The summed E-state index contributed by atoms with van der Waals surface area (Å²) < 4.78 is 0. The van der Waals surface area contributed by atoms with Crippen molar-refractivity contribution in [1.82, 2.24) is 4.98 Å². The second kappa shape index (κ2) is 5.83. The van der Waals surface area contributed by atoms with Crippen molar-refractivity contribution in [3.63, 3.8) is 0 Å². The molecule has 1 aromatic carbocycles. The third kappa shape index (κ3) is 2.85. The number of non-ortho nitro benzene ring substituents is 1. The lowest BCUT2D eigenvalue weighted by Gasteiger charge is -2.16. The first-order chi connectivity index (χ1) is 9.52. The van der Waals surface area contributed by atoms with Crippen LogP contribution in [-0.2, 0) is 0 Å². The van der Waals surface area contributed by atoms with Crippen molar-refractivity contribution in [3.8, 4) is 0 Å². The Morgan fingerprint density at radius 2 is 2.25 bits per heavy atom. The van der Waals surface area contributed by atoms with Crippen molar-refractivity contribution >= 4 is 22.3 Å². The molecular weight excluding hydrogens is 258 g/mol. The van der Waals surface area contributed by atoms with E-state index in [0.717, 1.165) is 11.1 Å². The molecule has 20 heavy (non-hydrogen) atoms. The Labute approximate surface area is 116 Å². The van der Waals surface area contributed by atoms with Gasteiger partial charge < -0.3 is 10.4 Å². The Balaban J connectivity index is 2.55. The van der Waals surface area contributed by atoms with Gasteiger partial charge in [-0.25, -0.2) is 4.98 Å². The first-order valence-electron chi connectivity index (χ1n) is 6.45. The molecule has 0 saturated heterocycles. The van der Waals surface area contributed by atoms with Gasteiger partial charge in [0, 0.05) is 35.5 Å². The standard InChI is InChI=1S/C14H17N3O3/c1-9(6-7-18)15-12-8-10(2)16-14-11(12)4-3-5-13(14)17(19)20/h3-5,8-9,18H,6-7H2,1-2H3,(H,15,16). The number of aromatic nitrogens is 1. The molecule has 1 unspecified atom stereocenters. The number of nitrogens with zero attached hydrogens (tertiary/aromatic N) is 2. The van der Waals surface area contributed by atoms with Crippen LogP contribution < -0.4 is 5.32 Å². The molecule has 0 aliphatic rings. The molecule has 0 saturated carbocycles. The van der Waals surface area contributed by atoms with Crippen molar-refractivity contribution in [2.45, 2.75) is 26.3 Å². The maximum Gasteiger partial charge on any atom is 0.295 e. The number of nitrogens with one attached hydrogen (secondary N) is 1. The van der Waals surface area contributed by atoms with Gasteiger partial charge in [0.2, 0.25) is 0 Å². The van der Waals surface area contributed by atoms with E-state index in [4.69, 9.17) is 5.11 Å². The molecule has 2 rings (SSSR count). The molecule has 0 fully saturated rings. The van der Waals surface area contributed by atoms with Crippen LogP contribution in [0.15, 0.2) is 24.3 Å². The van der Waals surface area contributed by atoms with E-state index in [-0.39, 0.29) is 18.3 Å². The molecule has 1 atom stereocenters. The average molecular weight is 275 g/mol. The molecule has 106 valence electrons. The summed E-state index contributed by atoms with van der Waals surface area (Å²) in [6, 6.07) is 6.85. The number of benzene rings is 1. The lowest BCUT2D eigenvalue weighted by molar-refractivity contribution is -0.383. The summed E-state index contributed by atoms with van der Waals surface area (Å²) in [5.74, 6) is 0. The topological polar surface area (TPSA) is 88.3 Å². The number of anilines is 1. The molecule has 0 aliphatic carbocycles. The summed E-state index contributed by atoms with van der Waals surface area (Å²) in [4.78, 5) is 14.9. The molecule has 6 nitrogen and oxygen atoms in total. The number of hydrogen-bond acceptors (Lipinski definition) is 5. The number of nitro benzene ring substituents is 1. The van der Waals surface area contributed by atoms with Crippen molar-refractivity contribution in [2.24, 2.45) is 0 Å². The van der Waals surface area contributed by atoms with Gasteiger partial charge in [-0.1, -0.05) is 12.1 Å². The van der Waals surface area contributed by atoms with E-state index in [1.165, 1.54) is 6.07 Å². The van der Waals surface area contributed by atoms with Crippen LogP contribution in [0.1, 0.15) is 19.0 Å². The van der Waals surface area contributed by atoms with Gasteiger partial charge in [-0.15, -0.1) is 0 Å². The lowest BCUT2D eigenvalue weighted by Crippen LogP contribution is -2.17. The van der Waals surface area contributed by atoms with E-state index in [0.29, 0.717) is 17.6 Å². The van der Waals surface area contributed by atoms with Crippen molar-refractivity contribution in [1.29, 1.82) is 0 Å². The minimum Gasteiger partial charge on any atom is -0.396 e. The third-order valence-electron chi connectivity index (χ3n) is 3.11. The largest absolute Gasteiger partial charge is 0.396 e. The molecule has 0 radical (unpaired) electrons. The molecule has 6 heteroatoms. The van der Waals surface area contributed by atoms with Crippen LogP contribution >= 0.6 is 0 Å². The molecule has 2 aromatic rings. The van der Waals surface area contributed by atoms with Gasteiger partial charge in [-0.05, 0) is 26.3 Å². The van der Waals surface area contributed by atoms with E-state index < -0.39 is 4.92 Å². The number of hydrogen-bond donors (Lipinski definition) is 2. The number of fused-ring (bicyclic) bond motifs is 1. The van der Waals surface area contributed by atoms with Crippen LogP contribution in [0, 0.1) is 17.0 Å². The Morgan fingerprint density at radius 1 is 1.50 bits per heavy atom. The highest BCUT2D eigenvalue weighted by molar-refractivity contribution is 5.96. The quantitative estimate of drug-likeness (QED) is 0.647. The maximum absolute atomic E-state index is 11.1. The van der Waals surface area contributed by atoms with Gasteiger partial charge in [0.25, 0.3) is 5.69 Å². The zero-order chi connectivity index (χ0) is 14.7. The van der Waals surface area contributed by atoms with E-state index >= 15 is 0 Å². The summed E-state index contributed by atoms with van der Waals surface area (Å²) >= 11 is 0. The Bertz CT molecular complexity index is 643. The second-order valence-corrected chi connectivity index (χ2v) is 4.80. The molecule has 1 aromatic heterocycles. The zero-order valence-corrected chi connectivity index (χ0v) is 11.5. The Hall–Kier alpha value is -2.21. The maximum atomic E-state index is 11.1. The third-order valence-corrected chi connectivity index (χ3v) is 3.11. The summed E-state index contributed by atoms with van der Waals surface area (Å²) in [7, 11) is 0. The van der Waals surface area contributed by atoms with Crippen LogP contribution in [0.4, 0.5) is 11.4 Å². The zero-order valence-electron chi connectivity index (χ0n) is 11.5. The van der Waals surface area contributed by atoms with Gasteiger partial charge in [-0.2, -0.15) is 0 Å². The van der Waals surface area contributed by atoms with E-state index in [2.05, 4.69) is 10.3 Å². The van der Waals surface area contributed by atoms with Crippen molar-refractivity contribution in [3.05, 3.63) is 40.1 Å². The number of para-hydroxylation sites is 1. The van der Waals surface area contributed by atoms with Crippen LogP contribution in [0.5, 0.6) is 0 Å². The van der Waals surface area contributed by atoms with Gasteiger partial charge in [-0.3, -0.25) is 10.1 Å². The monoisotopic (exact) mass is 275 g/mol. The molecule has 0 aliphatic heterocycles. The number of rotatable bonds is 5. The SMILES string of the molecule is Cc1cc(NC(C)CCO)c2cccc([N+](=O)[O-])c2n1. The number of pyridine rings is 1. The van der Waals surface area contributed by atoms with Gasteiger partial charge in [0.1, 0.15) is 0 Å². The Morgan fingerprint density at radius 3 is 2.90 bits per heavy atom. The van der Waals surface area contributed by atoms with Gasteiger partial charge >= 0.3 is 0 Å². The molecular formula is C14H17N3O3. The summed E-state index contributed by atoms with van der Waals surface area (Å²) in [6.07, 6.45) is 0.609. The minimum absolute atomic E-state index is 0.00376. The predicted octanol–water partition coefficient (Wildman–Crippen LogP) is 2.63. The van der Waals surface area contributed by atoms with Gasteiger partial charge in [0.05, 0.1) is 4.92 Å². The lowest BCUT2D eigenvalue weighted by atomic mass is 10.1. The molecule has 0 bridgehead atoms. The van der Waals surface area contributed by atoms with Crippen molar-refractivity contribution in [2.75, 3.05) is 11.9 Å². The fourth-order valence-electron chi connectivity index (χ4n) is 2.16. The van der Waals surface area contributed by atoms with Crippen LogP contribution in [0.3, 0.4) is 0 Å². The van der Waals surface area contributed by atoms with Crippen LogP contribution in [-0.4, -0.2) is 27.7 Å². The highest BCUT2D eigenvalue weighted by Gasteiger charge is 2.16. The highest BCUT2D eigenvalue weighted by Crippen LogP contribution is 2.30. The number of aryl methyl sites for hydroxylation is 1. The number of nitro groups is 1. The minimum atomic E-state index is -0.421. The van der Waals surface area contributed by atoms with E-state index in [1.54, 1.807) is 13.0 Å².